The van der Waals surface area contributed by atoms with E-state index >= 15 is 0 Å². The smallest absolute Gasteiger partial charge is 0.122 e. The summed E-state index contributed by atoms with van der Waals surface area (Å²) in [4.78, 5) is 0. The second-order valence-corrected chi connectivity index (χ2v) is 23.4. The van der Waals surface area contributed by atoms with E-state index in [1.54, 1.807) is 0 Å². The monoisotopic (exact) mass is 1080 g/mol. The van der Waals surface area contributed by atoms with Crippen LogP contribution in [0, 0.1) is 41.5 Å². The molecule has 0 aromatic heterocycles. The first kappa shape index (κ1) is 53.3. The van der Waals surface area contributed by atoms with Crippen LogP contribution in [0.25, 0.3) is 33.4 Å². The first-order chi connectivity index (χ1) is 39.3. The summed E-state index contributed by atoms with van der Waals surface area (Å²) in [6.45, 7) is 11.9. The summed E-state index contributed by atoms with van der Waals surface area (Å²) in [7, 11) is 0. The highest BCUT2D eigenvalue weighted by Gasteiger charge is 2.24. The summed E-state index contributed by atoms with van der Waals surface area (Å²) in [5.41, 5.74) is 21.9. The highest BCUT2D eigenvalue weighted by Crippen LogP contribution is 2.44. The van der Waals surface area contributed by atoms with Gasteiger partial charge in [-0.3, -0.25) is 0 Å². The molecule has 0 amide bonds. The summed E-state index contributed by atoms with van der Waals surface area (Å²) in [6.07, 6.45) is 2.14. The van der Waals surface area contributed by atoms with Crippen LogP contribution in [0.2, 0.25) is 0 Å². The van der Waals surface area contributed by atoms with Gasteiger partial charge >= 0.3 is 0 Å². The Bertz CT molecular complexity index is 3760. The number of benzene rings is 10. The van der Waals surface area contributed by atoms with Crippen LogP contribution in [0.5, 0.6) is 46.0 Å². The highest BCUT2D eigenvalue weighted by molar-refractivity contribution is 5.76. The minimum atomic E-state index is 0.104. The summed E-state index contributed by atoms with van der Waals surface area (Å²) >= 11 is 0. The molecule has 0 saturated heterocycles. The van der Waals surface area contributed by atoms with Crippen molar-refractivity contribution < 1.29 is 40.9 Å². The van der Waals surface area contributed by atoms with Gasteiger partial charge in [0, 0.05) is 51.4 Å². The van der Waals surface area contributed by atoms with Crippen molar-refractivity contribution in [2.75, 3.05) is 0 Å². The maximum absolute atomic E-state index is 12.1. The van der Waals surface area contributed by atoms with Gasteiger partial charge in [-0.1, -0.05) is 155 Å². The Morgan fingerprint density at radius 2 is 0.280 bits per heavy atom. The zero-order valence-corrected chi connectivity index (χ0v) is 47.1. The van der Waals surface area contributed by atoms with Crippen LogP contribution in [-0.2, 0) is 51.4 Å². The quantitative estimate of drug-likeness (QED) is 0.0867. The van der Waals surface area contributed by atoms with Gasteiger partial charge in [-0.2, -0.15) is 0 Å². The van der Waals surface area contributed by atoms with Crippen molar-refractivity contribution in [1.29, 1.82) is 0 Å². The van der Waals surface area contributed by atoms with Crippen molar-refractivity contribution in [2.45, 2.75) is 92.9 Å². The SMILES string of the molecule is Cc1cc2c(O)c(c1)Cc1cc(C)cc(c1O)Cc1cc(-c3ccc(-c4ccc(-c5cc6c(O)c(c5)Cc5cc(C)cc(c5O)Cc5cc(C)cc(c5O)Cc5cc(C)cc(c5O)C6)cc4)cc3)cc(c1O)Cc1cc(C)cc(c1O)C2. The van der Waals surface area contributed by atoms with Crippen molar-refractivity contribution in [3.63, 3.8) is 0 Å². The molecule has 82 heavy (non-hydrogen) atoms. The van der Waals surface area contributed by atoms with E-state index in [1.807, 2.05) is 139 Å². The van der Waals surface area contributed by atoms with Crippen LogP contribution in [-0.4, -0.2) is 40.9 Å². The van der Waals surface area contributed by atoms with E-state index in [2.05, 4.69) is 48.5 Å². The number of fused-ring (bicyclic) bond motifs is 16. The van der Waals surface area contributed by atoms with Gasteiger partial charge in [-0.15, -0.1) is 0 Å². The van der Waals surface area contributed by atoms with E-state index < -0.39 is 0 Å². The molecule has 8 N–H and O–H groups in total. The van der Waals surface area contributed by atoms with Crippen LogP contribution >= 0.6 is 0 Å². The summed E-state index contributed by atoms with van der Waals surface area (Å²) in [5.74, 6) is 1.00. The molecule has 2 aliphatic rings. The molecule has 0 spiro atoms. The molecular formula is C74H66O8. The molecule has 16 bridgehead atoms. The average molecular weight is 1080 g/mol. The van der Waals surface area contributed by atoms with Crippen LogP contribution in [0.4, 0.5) is 0 Å². The van der Waals surface area contributed by atoms with E-state index in [-0.39, 0.29) is 71.7 Å². The lowest BCUT2D eigenvalue weighted by Crippen LogP contribution is -2.02. The fraction of sp³-hybridized carbons (Fsp3) is 0.189. The van der Waals surface area contributed by atoms with Crippen molar-refractivity contribution in [1.82, 2.24) is 0 Å². The zero-order valence-electron chi connectivity index (χ0n) is 47.1. The first-order valence-corrected chi connectivity index (χ1v) is 28.1. The summed E-state index contributed by atoms with van der Waals surface area (Å²) in [6, 6.07) is 47.9. The molecule has 10 aromatic rings. The van der Waals surface area contributed by atoms with Gasteiger partial charge in [0.15, 0.2) is 0 Å². The number of phenolic OH excluding ortho intramolecular Hbond substituents is 8. The van der Waals surface area contributed by atoms with E-state index in [0.29, 0.717) is 115 Å². The number of aryl methyl sites for hydroxylation is 6. The van der Waals surface area contributed by atoms with Gasteiger partial charge in [0.05, 0.1) is 0 Å². The number of phenols is 8. The second-order valence-electron chi connectivity index (χ2n) is 23.4. The molecule has 0 fully saturated rings. The molecule has 0 aliphatic heterocycles. The number of hydrogen-bond donors (Lipinski definition) is 8. The maximum Gasteiger partial charge on any atom is 0.122 e. The lowest BCUT2D eigenvalue weighted by atomic mass is 9.87. The fourth-order valence-corrected chi connectivity index (χ4v) is 13.0. The largest absolute Gasteiger partial charge is 0.507 e. The van der Waals surface area contributed by atoms with Gasteiger partial charge in [0.2, 0.25) is 0 Å². The third kappa shape index (κ3) is 10.3. The summed E-state index contributed by atoms with van der Waals surface area (Å²) < 4.78 is 0. The van der Waals surface area contributed by atoms with Gasteiger partial charge in [0.25, 0.3) is 0 Å². The van der Waals surface area contributed by atoms with Gasteiger partial charge < -0.3 is 40.9 Å². The maximum atomic E-state index is 12.1. The number of hydrogen-bond acceptors (Lipinski definition) is 8. The normalized spacial score (nSPS) is 13.0. The number of rotatable bonds is 3. The number of aromatic hydroxyl groups is 8. The van der Waals surface area contributed by atoms with E-state index in [9.17, 15) is 40.9 Å². The lowest BCUT2D eigenvalue weighted by Gasteiger charge is -2.19. The van der Waals surface area contributed by atoms with Crippen LogP contribution in [0.15, 0.2) is 146 Å². The van der Waals surface area contributed by atoms with E-state index in [0.717, 1.165) is 66.8 Å². The van der Waals surface area contributed by atoms with Crippen molar-refractivity contribution in [3.05, 3.63) is 268 Å². The molecular weight excluding hydrogens is 1020 g/mol. The van der Waals surface area contributed by atoms with Crippen molar-refractivity contribution >= 4 is 0 Å². The van der Waals surface area contributed by atoms with Gasteiger partial charge in [0.1, 0.15) is 46.0 Å². The highest BCUT2D eigenvalue weighted by atomic mass is 16.3. The second kappa shape index (κ2) is 20.9. The Hall–Kier alpha value is -9.40. The molecule has 12 rings (SSSR count). The Morgan fingerprint density at radius 3 is 0.415 bits per heavy atom. The average Bonchev–Trinajstić information content (AvgIpc) is 3.64. The van der Waals surface area contributed by atoms with Crippen LogP contribution < -0.4 is 0 Å². The minimum absolute atomic E-state index is 0.104. The Kier molecular flexibility index (Phi) is 13.6. The van der Waals surface area contributed by atoms with Crippen LogP contribution in [0.1, 0.15) is 122 Å². The van der Waals surface area contributed by atoms with Gasteiger partial charge in [-0.05, 0) is 188 Å². The zero-order chi connectivity index (χ0) is 57.4. The molecule has 10 aromatic carbocycles. The van der Waals surface area contributed by atoms with Gasteiger partial charge in [-0.25, -0.2) is 0 Å². The fourth-order valence-electron chi connectivity index (χ4n) is 13.0. The molecule has 0 radical (unpaired) electrons. The molecule has 8 nitrogen and oxygen atoms in total. The van der Waals surface area contributed by atoms with Crippen molar-refractivity contribution in [2.24, 2.45) is 0 Å². The lowest BCUT2D eigenvalue weighted by molar-refractivity contribution is 0.448. The molecule has 410 valence electrons. The standard InChI is InChI=1S/C74H66O8/c1-39-15-51-31-55-19-41(3)23-59(69(55)77)35-63-27-49(28-64(73(63)81)36-60-24-42(4)20-56(70(60)78)32-52(16-39)67(51)75)47-11-7-45(8-12-47)46-9-13-48(14-10-46)50-29-65-37-61-25-43(5)21-57(71(61)79)33-53-17-40(2)18-54(68(53)76)34-58-22-44(6)26-62(72(58)80)38-66(30-50)74(65)82/h7-30,75-82H,31-38H2,1-6H3. The van der Waals surface area contributed by atoms with Crippen molar-refractivity contribution in [3.8, 4) is 79.4 Å². The third-order valence-electron chi connectivity index (χ3n) is 16.8. The third-order valence-corrected chi connectivity index (χ3v) is 16.8. The molecule has 8 heteroatoms. The Balaban J connectivity index is 0.895. The molecule has 0 atom stereocenters. The summed E-state index contributed by atoms with van der Waals surface area (Å²) in [5, 5.41) is 95.2. The van der Waals surface area contributed by atoms with E-state index in [1.165, 1.54) is 0 Å². The molecule has 0 heterocycles. The Morgan fingerprint density at radius 1 is 0.171 bits per heavy atom. The topological polar surface area (TPSA) is 162 Å². The first-order valence-electron chi connectivity index (χ1n) is 28.1. The van der Waals surface area contributed by atoms with E-state index in [4.69, 9.17) is 0 Å². The predicted molar refractivity (Wildman–Crippen MR) is 326 cm³/mol. The molecule has 0 unspecified atom stereocenters. The molecule has 0 saturated carbocycles. The molecule has 2 aliphatic carbocycles. The Labute approximate surface area is 478 Å². The van der Waals surface area contributed by atoms with Crippen LogP contribution in [0.3, 0.4) is 0 Å². The predicted octanol–water partition coefficient (Wildman–Crippen LogP) is 15.5. The minimum Gasteiger partial charge on any atom is -0.507 e.